The molecule has 0 bridgehead atoms. The van der Waals surface area contributed by atoms with Gasteiger partial charge in [-0.2, -0.15) is 0 Å². The van der Waals surface area contributed by atoms with E-state index in [2.05, 4.69) is 4.72 Å². The van der Waals surface area contributed by atoms with Crippen molar-refractivity contribution in [2.75, 3.05) is 11.0 Å². The fourth-order valence-electron chi connectivity index (χ4n) is 1.04. The van der Waals surface area contributed by atoms with Gasteiger partial charge in [-0.15, -0.1) is 0 Å². The van der Waals surface area contributed by atoms with Gasteiger partial charge in [0.2, 0.25) is 15.8 Å². The fourth-order valence-corrected chi connectivity index (χ4v) is 1.61. The molecule has 0 amide bonds. The average molecular weight is 249 g/mol. The smallest absolute Gasteiger partial charge is 0.288 e. The number of ketones is 1. The van der Waals surface area contributed by atoms with Crippen LogP contribution in [-0.4, -0.2) is 26.9 Å². The van der Waals surface area contributed by atoms with Gasteiger partial charge in [-0.3, -0.25) is 9.52 Å². The van der Waals surface area contributed by atoms with Crippen LogP contribution in [-0.2, 0) is 10.0 Å². The Kier molecular flexibility index (Phi) is 3.58. The van der Waals surface area contributed by atoms with Crippen LogP contribution in [0.25, 0.3) is 0 Å². The van der Waals surface area contributed by atoms with Crippen molar-refractivity contribution in [1.82, 2.24) is 0 Å². The van der Waals surface area contributed by atoms with Gasteiger partial charge in [0, 0.05) is 11.3 Å². The molecule has 16 heavy (non-hydrogen) atoms. The number of alkyl halides is 2. The lowest BCUT2D eigenvalue weighted by Crippen LogP contribution is -2.11. The molecule has 0 radical (unpaired) electrons. The fraction of sp³-hybridized carbons (Fsp3) is 0.222. The number of halogens is 2. The molecule has 1 rings (SSSR count). The van der Waals surface area contributed by atoms with E-state index in [0.29, 0.717) is 0 Å². The largest absolute Gasteiger partial charge is 0.300 e. The highest BCUT2D eigenvalue weighted by molar-refractivity contribution is 7.92. The van der Waals surface area contributed by atoms with E-state index in [-0.39, 0.29) is 11.3 Å². The summed E-state index contributed by atoms with van der Waals surface area (Å²) < 4.78 is 47.9. The first kappa shape index (κ1) is 12.6. The number of carbonyl (C=O) groups excluding carboxylic acids is 1. The quantitative estimate of drug-likeness (QED) is 0.822. The van der Waals surface area contributed by atoms with Gasteiger partial charge < -0.3 is 0 Å². The number of hydrogen-bond acceptors (Lipinski definition) is 3. The predicted molar refractivity (Wildman–Crippen MR) is 55.2 cm³/mol. The third-order valence-corrected chi connectivity index (χ3v) is 2.28. The number of carbonyl (C=O) groups is 1. The molecule has 0 aliphatic carbocycles. The highest BCUT2D eigenvalue weighted by Crippen LogP contribution is 2.13. The Labute approximate surface area is 91.3 Å². The number of sulfonamides is 1. The Morgan fingerprint density at radius 3 is 2.12 bits per heavy atom. The maximum Gasteiger partial charge on any atom is 0.300 e. The van der Waals surface area contributed by atoms with E-state index in [4.69, 9.17) is 0 Å². The first-order valence-corrected chi connectivity index (χ1v) is 6.09. The molecule has 0 aliphatic heterocycles. The zero-order valence-corrected chi connectivity index (χ0v) is 9.09. The molecule has 0 spiro atoms. The molecular formula is C9H9F2NO3S. The summed E-state index contributed by atoms with van der Waals surface area (Å²) in [6.07, 6.45) is -2.10. The van der Waals surface area contributed by atoms with Crippen LogP contribution in [0, 0.1) is 0 Å². The first-order chi connectivity index (χ1) is 7.29. The van der Waals surface area contributed by atoms with Gasteiger partial charge in [0.15, 0.2) is 0 Å². The molecule has 0 saturated carbocycles. The van der Waals surface area contributed by atoms with Crippen molar-refractivity contribution >= 4 is 21.5 Å². The van der Waals surface area contributed by atoms with Crippen LogP contribution in [0.15, 0.2) is 24.3 Å². The lowest BCUT2D eigenvalue weighted by atomic mass is 10.1. The molecule has 0 heterocycles. The number of rotatable bonds is 4. The van der Waals surface area contributed by atoms with E-state index in [1.807, 2.05) is 0 Å². The van der Waals surface area contributed by atoms with Crippen molar-refractivity contribution in [3.8, 4) is 0 Å². The van der Waals surface area contributed by atoms with Crippen molar-refractivity contribution in [2.45, 2.75) is 6.43 Å². The second-order valence-electron chi connectivity index (χ2n) is 3.12. The van der Waals surface area contributed by atoms with Crippen LogP contribution in [0.4, 0.5) is 14.5 Å². The van der Waals surface area contributed by atoms with Crippen molar-refractivity contribution in [1.29, 1.82) is 0 Å². The zero-order valence-electron chi connectivity index (χ0n) is 8.28. The molecule has 0 fully saturated rings. The molecule has 0 aliphatic rings. The Bertz CT molecular complexity index is 482. The van der Waals surface area contributed by atoms with E-state index < -0.39 is 22.2 Å². The maximum absolute atomic E-state index is 12.0. The van der Waals surface area contributed by atoms with E-state index in [9.17, 15) is 22.0 Å². The summed E-state index contributed by atoms with van der Waals surface area (Å²) in [6.45, 7) is 0. The number of nitrogens with one attached hydrogen (secondary N) is 1. The number of Topliss-reactive ketones (excluding diaryl/α,β-unsaturated/α-hetero) is 1. The van der Waals surface area contributed by atoms with Gasteiger partial charge in [-0.05, 0) is 24.3 Å². The van der Waals surface area contributed by atoms with E-state index in [0.717, 1.165) is 18.4 Å². The third kappa shape index (κ3) is 3.58. The minimum Gasteiger partial charge on any atom is -0.288 e. The van der Waals surface area contributed by atoms with Crippen LogP contribution in [0.3, 0.4) is 0 Å². The minimum absolute atomic E-state index is 0.158. The van der Waals surface area contributed by atoms with Gasteiger partial charge in [-0.25, -0.2) is 17.2 Å². The van der Waals surface area contributed by atoms with Crippen molar-refractivity contribution in [3.05, 3.63) is 29.8 Å². The second kappa shape index (κ2) is 4.56. The third-order valence-electron chi connectivity index (χ3n) is 1.67. The summed E-state index contributed by atoms with van der Waals surface area (Å²) >= 11 is 0. The van der Waals surface area contributed by atoms with Gasteiger partial charge in [0.1, 0.15) is 0 Å². The Balaban J connectivity index is 2.88. The minimum atomic E-state index is -3.41. The van der Waals surface area contributed by atoms with Gasteiger partial charge >= 0.3 is 6.43 Å². The summed E-state index contributed by atoms with van der Waals surface area (Å²) in [5.74, 6) is -1.29. The molecule has 0 atom stereocenters. The molecule has 0 aromatic heterocycles. The molecule has 1 N–H and O–H groups in total. The highest BCUT2D eigenvalue weighted by atomic mass is 32.2. The molecular weight excluding hydrogens is 240 g/mol. The molecule has 1 aromatic rings. The maximum atomic E-state index is 12.0. The average Bonchev–Trinajstić information content (AvgIpc) is 2.15. The van der Waals surface area contributed by atoms with Gasteiger partial charge in [0.25, 0.3) is 0 Å². The van der Waals surface area contributed by atoms with E-state index in [1.165, 1.54) is 12.1 Å². The van der Waals surface area contributed by atoms with Crippen LogP contribution in [0.1, 0.15) is 10.4 Å². The predicted octanol–water partition coefficient (Wildman–Crippen LogP) is 1.51. The number of anilines is 1. The van der Waals surface area contributed by atoms with Gasteiger partial charge in [0.05, 0.1) is 6.26 Å². The monoisotopic (exact) mass is 249 g/mol. The number of hydrogen-bond donors (Lipinski definition) is 1. The summed E-state index contributed by atoms with van der Waals surface area (Å²) in [5, 5.41) is 0. The SMILES string of the molecule is CS(=O)(=O)Nc1ccc(C(=O)C(F)F)cc1. The normalized spacial score (nSPS) is 11.5. The first-order valence-electron chi connectivity index (χ1n) is 4.20. The van der Waals surface area contributed by atoms with Crippen molar-refractivity contribution in [2.24, 2.45) is 0 Å². The molecule has 7 heteroatoms. The lowest BCUT2D eigenvalue weighted by Gasteiger charge is -2.04. The summed E-state index contributed by atoms with van der Waals surface area (Å²) in [5.41, 5.74) is 0.0577. The highest BCUT2D eigenvalue weighted by Gasteiger charge is 2.17. The van der Waals surface area contributed by atoms with Crippen molar-refractivity contribution in [3.63, 3.8) is 0 Å². The van der Waals surface area contributed by atoms with Crippen LogP contribution in [0.5, 0.6) is 0 Å². The Morgan fingerprint density at radius 1 is 1.25 bits per heavy atom. The molecule has 4 nitrogen and oxygen atoms in total. The standard InChI is InChI=1S/C9H9F2NO3S/c1-16(14,15)12-7-4-2-6(3-5-7)8(13)9(10)11/h2-5,9,12H,1H3. The summed E-state index contributed by atoms with van der Waals surface area (Å²) in [7, 11) is -3.41. The van der Waals surface area contributed by atoms with Gasteiger partial charge in [-0.1, -0.05) is 0 Å². The van der Waals surface area contributed by atoms with Crippen LogP contribution in [0.2, 0.25) is 0 Å². The lowest BCUT2D eigenvalue weighted by molar-refractivity contribution is 0.0679. The summed E-state index contributed by atoms with van der Waals surface area (Å²) in [4.78, 5) is 10.9. The number of benzene rings is 1. The molecule has 88 valence electrons. The topological polar surface area (TPSA) is 63.2 Å². The molecule has 1 aromatic carbocycles. The van der Waals surface area contributed by atoms with E-state index >= 15 is 0 Å². The van der Waals surface area contributed by atoms with E-state index in [1.54, 1.807) is 0 Å². The molecule has 0 saturated heterocycles. The Morgan fingerprint density at radius 2 is 1.75 bits per heavy atom. The van der Waals surface area contributed by atoms with Crippen LogP contribution >= 0.6 is 0 Å². The van der Waals surface area contributed by atoms with Crippen molar-refractivity contribution < 1.29 is 22.0 Å². The second-order valence-corrected chi connectivity index (χ2v) is 4.86. The Hall–Kier alpha value is -1.50. The summed E-state index contributed by atoms with van der Waals surface area (Å²) in [6, 6.07) is 4.78. The van der Waals surface area contributed by atoms with Crippen LogP contribution < -0.4 is 4.72 Å². The zero-order chi connectivity index (χ0) is 12.3. The molecule has 0 unspecified atom stereocenters.